The molecule has 17 heterocycles. The first-order valence-corrected chi connectivity index (χ1v) is 26.7. The smallest absolute Gasteiger partial charge is 0.213 e. The van der Waals surface area contributed by atoms with Gasteiger partial charge in [0.2, 0.25) is 19.2 Å². The van der Waals surface area contributed by atoms with Crippen LogP contribution in [0.4, 0.5) is 0 Å². The molecule has 85 heavy (non-hydrogen) atoms. The molecule has 16 aromatic heterocycles. The zero-order valence-corrected chi connectivity index (χ0v) is 47.8. The lowest BCUT2D eigenvalue weighted by atomic mass is 10.8. The zero-order chi connectivity index (χ0) is 60.1. The third-order valence-corrected chi connectivity index (χ3v) is 8.18. The highest BCUT2D eigenvalue weighted by Crippen LogP contribution is 1.88. The van der Waals surface area contributed by atoms with Crippen LogP contribution in [0.25, 0.3) is 0 Å². The molecule has 5 N–H and O–H groups in total. The van der Waals surface area contributed by atoms with Gasteiger partial charge in [0.05, 0.1) is 79.3 Å². The van der Waals surface area contributed by atoms with Crippen molar-refractivity contribution in [1.29, 1.82) is 0 Å². The number of hydrogen-bond acceptors (Lipinski definition) is 42. The molecule has 0 fully saturated rings. The number of hydrogen-bond donors (Lipinski definition) is 5. The number of aromatic nitrogens is 32. The van der Waals surface area contributed by atoms with Crippen molar-refractivity contribution >= 4 is 69.0 Å². The Balaban J connectivity index is 0.000000452. The molecule has 442 valence electrons. The molecule has 0 bridgehead atoms. The van der Waals surface area contributed by atoms with Crippen molar-refractivity contribution in [2.75, 3.05) is 6.67 Å². The van der Waals surface area contributed by atoms with Gasteiger partial charge in [-0.15, -0.1) is 68.6 Å². The number of thiazole rings is 1. The summed E-state index contributed by atoms with van der Waals surface area (Å²) >= 11 is 8.47. The second-order valence-corrected chi connectivity index (χ2v) is 14.8. The monoisotopic (exact) mass is 1280 g/mol. The summed E-state index contributed by atoms with van der Waals surface area (Å²) in [5.41, 5.74) is 6.83. The highest BCUT2D eigenvalue weighted by Gasteiger charge is 1.76. The number of tetrazole rings is 1. The van der Waals surface area contributed by atoms with Crippen molar-refractivity contribution in [2.45, 2.75) is 0 Å². The number of H-pyrrole nitrogens is 5. The van der Waals surface area contributed by atoms with E-state index in [4.69, 9.17) is 0 Å². The Bertz CT molecular complexity index is 2060. The van der Waals surface area contributed by atoms with Crippen molar-refractivity contribution in [3.8, 4) is 0 Å². The second kappa shape index (κ2) is 68.4. The topological polar surface area (TPSA) is 542 Å². The lowest BCUT2D eigenvalue weighted by Gasteiger charge is -1.52. The van der Waals surface area contributed by atoms with E-state index in [2.05, 4.69) is 203 Å². The van der Waals surface area contributed by atoms with Crippen molar-refractivity contribution < 1.29 is 22.5 Å². The Kier molecular flexibility index (Phi) is 57.4. The largest absolute Gasteiger partial charge is 0.452 e. The highest BCUT2D eigenvalue weighted by molar-refractivity contribution is 7.07. The normalized spacial score (nSPS) is 8.56. The van der Waals surface area contributed by atoms with E-state index in [1.54, 1.807) is 126 Å². The standard InChI is InChI=1S/2C3H4N2.2C3H3NO.2C3H3NS.2C2H3N3.3C2H2N2O.4C2H2N2S.2CH2N4/c1-2-5-3-4-1;1-2-4-5-3-1;1-2-5-3-4-1;1-2-4-5-3-1;1-2-5-3-4-1;1-2-4-5-3-1;1-3-2-5-4-1;1-2-4-5-3-1;1-3-4-2-5-1;1-3-2-5-4-1;1-2-4-5-3-1;1-3-4-2-5-1;1-3-2-5-4-1;1-2-5-4-3-1;3*1-2-4-5-3-1/h2*1-3H,(H,4,5);4*1-3H;2*1-2H,(H,3,4,5);7*1-2H;1H2;1H,(H,2,3,4,5). The van der Waals surface area contributed by atoms with Gasteiger partial charge in [0.15, 0.2) is 25.7 Å². The fourth-order valence-corrected chi connectivity index (χ4v) is 4.48. The fraction of sp³-hybridized carbons (Fsp3) is 0.0263. The van der Waals surface area contributed by atoms with Crippen LogP contribution in [0, 0.1) is 0 Å². The average Bonchev–Trinajstić information content (AvgIpc) is 4.45. The third kappa shape index (κ3) is 66.5. The van der Waals surface area contributed by atoms with Gasteiger partial charge in [-0.1, -0.05) is 30.3 Å². The van der Waals surface area contributed by atoms with E-state index >= 15 is 0 Å². The number of aromatic amines is 5. The van der Waals surface area contributed by atoms with Crippen LogP contribution >= 0.6 is 69.0 Å². The van der Waals surface area contributed by atoms with Gasteiger partial charge in [-0.25, -0.2) is 33.9 Å². The van der Waals surface area contributed by atoms with E-state index in [1.165, 1.54) is 140 Å². The molecule has 0 atom stereocenters. The van der Waals surface area contributed by atoms with Crippen LogP contribution < -0.4 is 0 Å². The Labute approximate surface area is 501 Å². The number of nitrogens with zero attached hydrogens (tertiary/aromatic N) is 31. The van der Waals surface area contributed by atoms with Crippen molar-refractivity contribution in [3.05, 3.63) is 225 Å². The van der Waals surface area contributed by atoms with Gasteiger partial charge >= 0.3 is 0 Å². The molecule has 0 aliphatic carbocycles. The van der Waals surface area contributed by atoms with Gasteiger partial charge < -0.3 is 22.9 Å². The van der Waals surface area contributed by atoms with Crippen LogP contribution in [0.2, 0.25) is 0 Å². The Morgan fingerprint density at radius 1 is 0.400 bits per heavy atom. The quantitative estimate of drug-likeness (QED) is 0.110. The molecule has 0 amide bonds. The first kappa shape index (κ1) is 71.3. The molecule has 0 saturated heterocycles. The van der Waals surface area contributed by atoms with E-state index < -0.39 is 0 Å². The molecule has 1 aliphatic heterocycles. The minimum atomic E-state index is 0.417. The molecule has 17 rings (SSSR count). The van der Waals surface area contributed by atoms with Crippen molar-refractivity contribution in [2.24, 2.45) is 20.7 Å². The molecule has 47 heteroatoms. The number of imidazole rings is 1. The number of rotatable bonds is 0. The van der Waals surface area contributed by atoms with Crippen LogP contribution in [-0.4, -0.2) is 166 Å². The highest BCUT2D eigenvalue weighted by atomic mass is 32.1. The SMILES string of the molecule is C1N=NN=N1.c1c[nH]cn1.c1cn[nH]c1.c1cn[nH]n1.c1cnoc1.c1cnon1.c1cnsc1.c1cnsn1.c1cocn1.c1cscn1.c1csnn1.c1nc[nH]n1.c1ncon1.c1ncsn1.c1nn[nH]n1.c1nnco1.c1nncs1. The molecule has 0 unspecified atom stereocenters. The second-order valence-electron chi connectivity index (χ2n) is 10.8. The summed E-state index contributed by atoms with van der Waals surface area (Å²) in [7, 11) is 0. The molecule has 0 spiro atoms. The Hall–Kier alpha value is -11.7. The molecule has 16 aromatic rings. The maximum atomic E-state index is 4.47. The Morgan fingerprint density at radius 3 is 1.46 bits per heavy atom. The number of nitrogens with one attached hydrogen (secondary N) is 5. The zero-order valence-electron chi connectivity index (χ0n) is 42.9. The first-order valence-electron chi connectivity index (χ1n) is 21.6. The molecular formula is C38H44N36O5S6. The molecule has 0 aromatic carbocycles. The van der Waals surface area contributed by atoms with Gasteiger partial charge in [-0.2, -0.15) is 43.9 Å². The molecular weight excluding hydrogens is 1230 g/mol. The lowest BCUT2D eigenvalue weighted by molar-refractivity contribution is 0.307. The summed E-state index contributed by atoms with van der Waals surface area (Å²) in [6.45, 7) is 0.417. The van der Waals surface area contributed by atoms with Crippen molar-refractivity contribution in [3.63, 3.8) is 0 Å². The van der Waals surface area contributed by atoms with E-state index in [-0.39, 0.29) is 0 Å². The summed E-state index contributed by atoms with van der Waals surface area (Å²) in [6, 6.07) is 5.46. The Morgan fingerprint density at radius 2 is 1.26 bits per heavy atom. The first-order chi connectivity index (χ1) is 42.5. The van der Waals surface area contributed by atoms with Gasteiger partial charge in [0, 0.05) is 53.3 Å². The lowest BCUT2D eigenvalue weighted by Crippen LogP contribution is -1.64. The summed E-state index contributed by atoms with van der Waals surface area (Å²) in [5, 5.41) is 82.6. The minimum Gasteiger partial charge on any atom is -0.452 e. The van der Waals surface area contributed by atoms with E-state index in [0.29, 0.717) is 6.67 Å². The van der Waals surface area contributed by atoms with Crippen LogP contribution in [0.15, 0.2) is 269 Å². The van der Waals surface area contributed by atoms with E-state index in [9.17, 15) is 0 Å². The maximum Gasteiger partial charge on any atom is 0.213 e. The molecule has 41 nitrogen and oxygen atoms in total. The molecule has 0 radical (unpaired) electrons. The van der Waals surface area contributed by atoms with Crippen molar-refractivity contribution in [1.82, 2.24) is 159 Å². The molecule has 0 saturated carbocycles. The third-order valence-electron chi connectivity index (χ3n) is 5.40. The maximum absolute atomic E-state index is 4.47. The summed E-state index contributed by atoms with van der Waals surface area (Å²) in [6.07, 6.45) is 41.7. The van der Waals surface area contributed by atoms with E-state index in [0.717, 1.165) is 0 Å². The van der Waals surface area contributed by atoms with E-state index in [1.807, 2.05) is 28.3 Å². The van der Waals surface area contributed by atoms with Crippen LogP contribution in [0.5, 0.6) is 0 Å². The predicted molar refractivity (Wildman–Crippen MR) is 298 cm³/mol. The van der Waals surface area contributed by atoms with Crippen LogP contribution in [-0.2, 0) is 0 Å². The fourth-order valence-electron chi connectivity index (χ4n) is 2.69. The van der Waals surface area contributed by atoms with Crippen LogP contribution in [0.3, 0.4) is 0 Å². The summed E-state index contributed by atoms with van der Waals surface area (Å²) < 4.78 is 39.7. The van der Waals surface area contributed by atoms with Gasteiger partial charge in [0.25, 0.3) is 0 Å². The van der Waals surface area contributed by atoms with Gasteiger partial charge in [-0.3, -0.25) is 15.2 Å². The van der Waals surface area contributed by atoms with Gasteiger partial charge in [0.1, 0.15) is 48.0 Å². The minimum absolute atomic E-state index is 0.417. The average molecular weight is 1280 g/mol. The molecule has 1 aliphatic rings. The van der Waals surface area contributed by atoms with Gasteiger partial charge in [-0.05, 0) is 63.2 Å². The summed E-state index contributed by atoms with van der Waals surface area (Å²) in [5.74, 6) is 0. The number of oxazole rings is 1. The van der Waals surface area contributed by atoms with Crippen LogP contribution in [0.1, 0.15) is 0 Å². The summed E-state index contributed by atoms with van der Waals surface area (Å²) in [4.78, 5) is 24.3. The predicted octanol–water partition coefficient (Wildman–Crippen LogP) is 6.40.